The van der Waals surface area contributed by atoms with Crippen LogP contribution in [0.3, 0.4) is 0 Å². The fraction of sp³-hybridized carbons (Fsp3) is 0.765. The highest BCUT2D eigenvalue weighted by molar-refractivity contribution is 5.36. The number of carbonyl (C=O) groups is 1. The second-order valence-corrected chi connectivity index (χ2v) is 5.30. The van der Waals surface area contributed by atoms with Crippen molar-refractivity contribution in [3.8, 4) is 5.88 Å². The molecule has 7 nitrogen and oxygen atoms in total. The van der Waals surface area contributed by atoms with E-state index in [9.17, 15) is 4.79 Å². The second kappa shape index (κ2) is 13.8. The first-order valence-electron chi connectivity index (χ1n) is 8.37. The van der Waals surface area contributed by atoms with Gasteiger partial charge in [0.2, 0.25) is 0 Å². The summed E-state index contributed by atoms with van der Waals surface area (Å²) in [5.74, 6) is 2.14. The largest absolute Gasteiger partial charge is 0.470 e. The van der Waals surface area contributed by atoms with Crippen LogP contribution in [0.2, 0.25) is 0 Å². The maximum atomic E-state index is 9.18. The van der Waals surface area contributed by atoms with Crippen LogP contribution in [0.5, 0.6) is 5.88 Å². The van der Waals surface area contributed by atoms with E-state index in [-0.39, 0.29) is 6.29 Å². The van der Waals surface area contributed by atoms with E-state index in [1.165, 1.54) is 0 Å². The Balaban J connectivity index is 0.000000922. The molecule has 0 fully saturated rings. The molecule has 0 aliphatic carbocycles. The summed E-state index contributed by atoms with van der Waals surface area (Å²) in [5, 5.41) is 3.90. The lowest BCUT2D eigenvalue weighted by Crippen LogP contribution is -2.25. The Morgan fingerprint density at radius 2 is 1.75 bits per heavy atom. The molecule has 1 rings (SSSR count). The van der Waals surface area contributed by atoms with Crippen molar-refractivity contribution >= 4 is 6.47 Å². The molecule has 0 bridgehead atoms. The van der Waals surface area contributed by atoms with Gasteiger partial charge in [0.15, 0.2) is 6.29 Å². The SMILES string of the molecule is CCOC(COc1cc(C(C)C(C)C)on1)OCC.CCOC=O. The molecular formula is C17H31NO6. The molecule has 24 heavy (non-hydrogen) atoms. The molecule has 0 saturated heterocycles. The second-order valence-electron chi connectivity index (χ2n) is 5.30. The van der Waals surface area contributed by atoms with Crippen molar-refractivity contribution in [2.45, 2.75) is 53.8 Å². The van der Waals surface area contributed by atoms with Gasteiger partial charge in [0.05, 0.1) is 6.61 Å². The summed E-state index contributed by atoms with van der Waals surface area (Å²) in [6, 6.07) is 1.83. The number of hydrogen-bond acceptors (Lipinski definition) is 7. The van der Waals surface area contributed by atoms with E-state index < -0.39 is 0 Å². The van der Waals surface area contributed by atoms with E-state index in [1.807, 2.05) is 19.9 Å². The van der Waals surface area contributed by atoms with Crippen LogP contribution in [-0.2, 0) is 19.0 Å². The Bertz CT molecular complexity index is 415. The highest BCUT2D eigenvalue weighted by Crippen LogP contribution is 2.26. The van der Waals surface area contributed by atoms with Gasteiger partial charge in [0.25, 0.3) is 12.4 Å². The van der Waals surface area contributed by atoms with Gasteiger partial charge < -0.3 is 23.5 Å². The summed E-state index contributed by atoms with van der Waals surface area (Å²) < 4.78 is 25.7. The van der Waals surface area contributed by atoms with Crippen molar-refractivity contribution in [1.82, 2.24) is 5.16 Å². The maximum Gasteiger partial charge on any atom is 0.293 e. The Morgan fingerprint density at radius 3 is 2.17 bits per heavy atom. The lowest BCUT2D eigenvalue weighted by atomic mass is 9.96. The molecule has 0 amide bonds. The van der Waals surface area contributed by atoms with Gasteiger partial charge in [-0.15, -0.1) is 0 Å². The Hall–Kier alpha value is -1.60. The van der Waals surface area contributed by atoms with Crippen molar-refractivity contribution < 1.29 is 28.3 Å². The Kier molecular flexibility index (Phi) is 12.9. The fourth-order valence-corrected chi connectivity index (χ4v) is 1.62. The molecule has 7 heteroatoms. The van der Waals surface area contributed by atoms with E-state index in [4.69, 9.17) is 18.7 Å². The first kappa shape index (κ1) is 22.4. The molecule has 0 aliphatic heterocycles. The number of rotatable bonds is 11. The monoisotopic (exact) mass is 345 g/mol. The van der Waals surface area contributed by atoms with E-state index >= 15 is 0 Å². The maximum absolute atomic E-state index is 9.18. The summed E-state index contributed by atoms with van der Waals surface area (Å²) in [6.07, 6.45) is -0.363. The van der Waals surface area contributed by atoms with Gasteiger partial charge in [0, 0.05) is 25.2 Å². The normalized spacial score (nSPS) is 11.8. The minimum absolute atomic E-state index is 0.309. The molecule has 1 heterocycles. The van der Waals surface area contributed by atoms with Crippen molar-refractivity contribution in [2.24, 2.45) is 5.92 Å². The Morgan fingerprint density at radius 1 is 1.12 bits per heavy atom. The van der Waals surface area contributed by atoms with Crippen molar-refractivity contribution in [3.05, 3.63) is 11.8 Å². The summed E-state index contributed by atoms with van der Waals surface area (Å²) >= 11 is 0. The minimum atomic E-state index is -0.363. The van der Waals surface area contributed by atoms with Crippen molar-refractivity contribution in [3.63, 3.8) is 0 Å². The quantitative estimate of drug-likeness (QED) is 0.449. The molecule has 0 aromatic carbocycles. The van der Waals surface area contributed by atoms with Crippen LogP contribution in [0.15, 0.2) is 10.6 Å². The number of ether oxygens (including phenoxy) is 4. The van der Waals surface area contributed by atoms with E-state index in [1.54, 1.807) is 6.92 Å². The summed E-state index contributed by atoms with van der Waals surface area (Å²) in [5.41, 5.74) is 0. The lowest BCUT2D eigenvalue weighted by molar-refractivity contribution is -0.153. The van der Waals surface area contributed by atoms with Gasteiger partial charge in [-0.2, -0.15) is 0 Å². The lowest BCUT2D eigenvalue weighted by Gasteiger charge is -2.16. The molecule has 0 aliphatic rings. The third kappa shape index (κ3) is 9.52. The Labute approximate surface area is 144 Å². The molecule has 0 radical (unpaired) electrons. The van der Waals surface area contributed by atoms with Crippen molar-refractivity contribution in [1.29, 1.82) is 0 Å². The van der Waals surface area contributed by atoms with Gasteiger partial charge in [-0.25, -0.2) is 0 Å². The number of carbonyl (C=O) groups excluding carboxylic acids is 1. The topological polar surface area (TPSA) is 80.0 Å². The highest BCUT2D eigenvalue weighted by atomic mass is 16.7. The molecule has 0 saturated carbocycles. The van der Waals surface area contributed by atoms with Gasteiger partial charge in [-0.1, -0.05) is 20.8 Å². The van der Waals surface area contributed by atoms with Gasteiger partial charge in [-0.3, -0.25) is 4.79 Å². The summed E-state index contributed by atoms with van der Waals surface area (Å²) in [6.45, 7) is 14.4. The number of nitrogens with zero attached hydrogens (tertiary/aromatic N) is 1. The van der Waals surface area contributed by atoms with Crippen LogP contribution in [0.1, 0.15) is 53.2 Å². The molecular weight excluding hydrogens is 314 g/mol. The number of hydrogen-bond donors (Lipinski definition) is 0. The van der Waals surface area contributed by atoms with Crippen LogP contribution < -0.4 is 4.74 Å². The molecule has 1 atom stereocenters. The van der Waals surface area contributed by atoms with E-state index in [0.717, 1.165) is 5.76 Å². The van der Waals surface area contributed by atoms with Crippen LogP contribution in [-0.4, -0.2) is 44.3 Å². The standard InChI is InChI=1S/C14H25NO4.C3H6O2/c1-6-16-14(17-7-2)9-18-13-8-12(19-15-13)11(5)10(3)4;1-2-5-3-4/h8,10-11,14H,6-7,9H2,1-5H3;3H,2H2,1H3. The molecule has 140 valence electrons. The molecule has 1 aromatic rings. The zero-order valence-electron chi connectivity index (χ0n) is 15.6. The van der Waals surface area contributed by atoms with E-state index in [0.29, 0.717) is 50.6 Å². The molecule has 0 spiro atoms. The summed E-state index contributed by atoms with van der Waals surface area (Å²) in [4.78, 5) is 9.18. The number of aromatic nitrogens is 1. The zero-order chi connectivity index (χ0) is 18.4. The van der Waals surface area contributed by atoms with E-state index in [2.05, 4.69) is 30.7 Å². The van der Waals surface area contributed by atoms with Gasteiger partial charge in [0.1, 0.15) is 12.4 Å². The van der Waals surface area contributed by atoms with Gasteiger partial charge in [-0.05, 0) is 31.8 Å². The van der Waals surface area contributed by atoms with Crippen molar-refractivity contribution in [2.75, 3.05) is 26.4 Å². The third-order valence-corrected chi connectivity index (χ3v) is 3.26. The predicted octanol–water partition coefficient (Wildman–Crippen LogP) is 3.39. The first-order valence-corrected chi connectivity index (χ1v) is 8.37. The average molecular weight is 345 g/mol. The minimum Gasteiger partial charge on any atom is -0.470 e. The van der Waals surface area contributed by atoms with Crippen LogP contribution in [0, 0.1) is 5.92 Å². The van der Waals surface area contributed by atoms with Gasteiger partial charge >= 0.3 is 0 Å². The van der Waals surface area contributed by atoms with Crippen LogP contribution in [0.4, 0.5) is 0 Å². The van der Waals surface area contributed by atoms with Crippen LogP contribution in [0.25, 0.3) is 0 Å². The highest BCUT2D eigenvalue weighted by Gasteiger charge is 2.17. The summed E-state index contributed by atoms with van der Waals surface area (Å²) in [7, 11) is 0. The average Bonchev–Trinajstić information content (AvgIpc) is 3.02. The predicted molar refractivity (Wildman–Crippen MR) is 90.0 cm³/mol. The fourth-order valence-electron chi connectivity index (χ4n) is 1.62. The molecule has 1 unspecified atom stereocenters. The smallest absolute Gasteiger partial charge is 0.293 e. The molecule has 1 aromatic heterocycles. The van der Waals surface area contributed by atoms with Crippen LogP contribution >= 0.6 is 0 Å². The first-order chi connectivity index (χ1) is 11.5. The third-order valence-electron chi connectivity index (χ3n) is 3.26. The molecule has 0 N–H and O–H groups in total. The zero-order valence-corrected chi connectivity index (χ0v) is 15.6.